The van der Waals surface area contributed by atoms with E-state index < -0.39 is 23.2 Å². The molecule has 1 aromatic rings. The van der Waals surface area contributed by atoms with Gasteiger partial charge in [0, 0.05) is 11.3 Å². The first kappa shape index (κ1) is 14.1. The van der Waals surface area contributed by atoms with Crippen LogP contribution in [-0.4, -0.2) is 28.6 Å². The van der Waals surface area contributed by atoms with Crippen LogP contribution in [0.15, 0.2) is 12.1 Å². The van der Waals surface area contributed by atoms with E-state index in [1.807, 2.05) is 6.26 Å². The fraction of sp³-hybridized carbons (Fsp3) is 0.462. The zero-order valence-electron chi connectivity index (χ0n) is 10.5. The molecule has 2 N–H and O–H groups in total. The molecule has 1 aromatic carbocycles. The third-order valence-electron chi connectivity index (χ3n) is 3.61. The van der Waals surface area contributed by atoms with E-state index in [1.54, 1.807) is 11.8 Å². The summed E-state index contributed by atoms with van der Waals surface area (Å²) in [6.07, 6.45) is 5.26. The molecular weight excluding hydrogens is 272 g/mol. The second-order valence-corrected chi connectivity index (χ2v) is 5.96. The lowest BCUT2D eigenvalue weighted by molar-refractivity contribution is 0.0690. The molecule has 0 aliphatic heterocycles. The zero-order valence-corrected chi connectivity index (χ0v) is 11.3. The van der Waals surface area contributed by atoms with Crippen molar-refractivity contribution in [3.05, 3.63) is 29.3 Å². The van der Waals surface area contributed by atoms with Crippen molar-refractivity contribution in [1.29, 1.82) is 0 Å². The first-order valence-electron chi connectivity index (χ1n) is 5.99. The molecule has 0 bridgehead atoms. The first-order valence-corrected chi connectivity index (χ1v) is 7.22. The molecule has 2 rings (SSSR count). The van der Waals surface area contributed by atoms with Gasteiger partial charge in [-0.2, -0.15) is 11.8 Å². The van der Waals surface area contributed by atoms with Gasteiger partial charge in [-0.25, -0.2) is 13.6 Å². The normalized spacial score (nSPS) is 16.8. The van der Waals surface area contributed by atoms with Crippen molar-refractivity contribution in [2.45, 2.75) is 24.0 Å². The van der Waals surface area contributed by atoms with Gasteiger partial charge >= 0.3 is 5.97 Å². The summed E-state index contributed by atoms with van der Waals surface area (Å²) in [7, 11) is 0. The lowest BCUT2D eigenvalue weighted by atomic mass is 9.84. The summed E-state index contributed by atoms with van der Waals surface area (Å²) < 4.78 is 27.3. The summed E-state index contributed by atoms with van der Waals surface area (Å²) in [4.78, 5) is 10.7. The highest BCUT2D eigenvalue weighted by molar-refractivity contribution is 8.00. The summed E-state index contributed by atoms with van der Waals surface area (Å²) in [5, 5.41) is 11.6. The maximum absolute atomic E-state index is 13.7. The third kappa shape index (κ3) is 2.68. The maximum atomic E-state index is 13.7. The van der Waals surface area contributed by atoms with Crippen molar-refractivity contribution < 1.29 is 18.7 Å². The van der Waals surface area contributed by atoms with Crippen molar-refractivity contribution in [2.24, 2.45) is 0 Å². The van der Waals surface area contributed by atoms with Gasteiger partial charge in [0.05, 0.1) is 11.3 Å². The van der Waals surface area contributed by atoms with E-state index in [0.717, 1.165) is 25.3 Å². The molecule has 0 atom stereocenters. The first-order chi connectivity index (χ1) is 8.99. The second-order valence-electron chi connectivity index (χ2n) is 4.69. The minimum Gasteiger partial charge on any atom is -0.478 e. The number of anilines is 1. The highest BCUT2D eigenvalue weighted by atomic mass is 32.2. The molecule has 0 amide bonds. The number of rotatable bonds is 5. The van der Waals surface area contributed by atoms with E-state index in [0.29, 0.717) is 6.54 Å². The molecule has 0 aromatic heterocycles. The molecule has 0 spiro atoms. The largest absolute Gasteiger partial charge is 0.478 e. The van der Waals surface area contributed by atoms with Gasteiger partial charge in [-0.3, -0.25) is 0 Å². The average molecular weight is 287 g/mol. The molecule has 6 heteroatoms. The molecular formula is C13H15F2NO2S. The number of thioether (sulfide) groups is 1. The molecule has 1 aliphatic rings. The minimum atomic E-state index is -1.47. The van der Waals surface area contributed by atoms with Gasteiger partial charge in [-0.1, -0.05) is 6.42 Å². The predicted molar refractivity (Wildman–Crippen MR) is 71.9 cm³/mol. The highest BCUT2D eigenvalue weighted by Crippen LogP contribution is 2.42. The Morgan fingerprint density at radius 1 is 1.42 bits per heavy atom. The standard InChI is InChI=1S/C13H15F2NO2S/c1-19-13(5-2-6-13)7-16-9-4-3-8(12(17)18)10(14)11(9)15/h3-4,16H,2,5-7H2,1H3,(H,17,18). The fourth-order valence-electron chi connectivity index (χ4n) is 2.13. The Bertz CT molecular complexity index is 498. The SMILES string of the molecule is CSC1(CNc2ccc(C(=O)O)c(F)c2F)CCC1. The van der Waals surface area contributed by atoms with Crippen LogP contribution in [0, 0.1) is 11.6 Å². The van der Waals surface area contributed by atoms with Gasteiger partial charge in [0.25, 0.3) is 0 Å². The van der Waals surface area contributed by atoms with Crippen molar-refractivity contribution in [3.8, 4) is 0 Å². The summed E-state index contributed by atoms with van der Waals surface area (Å²) in [5.41, 5.74) is -0.630. The van der Waals surface area contributed by atoms with E-state index in [2.05, 4.69) is 5.32 Å². The maximum Gasteiger partial charge on any atom is 0.338 e. The molecule has 104 valence electrons. The van der Waals surface area contributed by atoms with Crippen LogP contribution in [0.2, 0.25) is 0 Å². The van der Waals surface area contributed by atoms with Crippen LogP contribution in [0.25, 0.3) is 0 Å². The van der Waals surface area contributed by atoms with E-state index in [1.165, 1.54) is 6.07 Å². The predicted octanol–water partition coefficient (Wildman–Crippen LogP) is 3.36. The number of benzene rings is 1. The van der Waals surface area contributed by atoms with E-state index in [9.17, 15) is 13.6 Å². The summed E-state index contributed by atoms with van der Waals surface area (Å²) in [6.45, 7) is 0.553. The lowest BCUT2D eigenvalue weighted by Gasteiger charge is -2.40. The number of hydrogen-bond acceptors (Lipinski definition) is 3. The van der Waals surface area contributed by atoms with Crippen LogP contribution in [0.4, 0.5) is 14.5 Å². The molecule has 3 nitrogen and oxygen atoms in total. The zero-order chi connectivity index (χ0) is 14.0. The Labute approximate surface area is 114 Å². The number of carboxylic acids is 1. The van der Waals surface area contributed by atoms with Gasteiger partial charge in [0.2, 0.25) is 0 Å². The van der Waals surface area contributed by atoms with Gasteiger partial charge in [0.15, 0.2) is 11.6 Å². The fourth-order valence-corrected chi connectivity index (χ4v) is 3.05. The van der Waals surface area contributed by atoms with Crippen LogP contribution in [0.5, 0.6) is 0 Å². The summed E-state index contributed by atoms with van der Waals surface area (Å²) in [5.74, 6) is -3.91. The molecule has 1 aliphatic carbocycles. The van der Waals surface area contributed by atoms with Crippen LogP contribution in [-0.2, 0) is 0 Å². The smallest absolute Gasteiger partial charge is 0.338 e. The minimum absolute atomic E-state index is 0.0165. The molecule has 19 heavy (non-hydrogen) atoms. The molecule has 0 heterocycles. The number of carboxylic acid groups (broad SMARTS) is 1. The second kappa shape index (κ2) is 5.36. The Morgan fingerprint density at radius 3 is 2.58 bits per heavy atom. The van der Waals surface area contributed by atoms with Crippen LogP contribution >= 0.6 is 11.8 Å². The van der Waals surface area contributed by atoms with Crippen molar-refractivity contribution in [1.82, 2.24) is 0 Å². The van der Waals surface area contributed by atoms with Gasteiger partial charge in [-0.05, 0) is 31.2 Å². The third-order valence-corrected chi connectivity index (χ3v) is 5.03. The number of aromatic carboxylic acids is 1. The number of halogens is 2. The number of nitrogens with one attached hydrogen (secondary N) is 1. The quantitative estimate of drug-likeness (QED) is 0.872. The molecule has 0 radical (unpaired) electrons. The van der Waals surface area contributed by atoms with Gasteiger partial charge in [-0.15, -0.1) is 0 Å². The summed E-state index contributed by atoms with van der Waals surface area (Å²) in [6, 6.07) is 2.35. The Kier molecular flexibility index (Phi) is 3.99. The van der Waals surface area contributed by atoms with Gasteiger partial charge < -0.3 is 10.4 Å². The molecule has 0 saturated heterocycles. The van der Waals surface area contributed by atoms with Crippen molar-refractivity contribution in [3.63, 3.8) is 0 Å². The van der Waals surface area contributed by atoms with Crippen LogP contribution in [0.3, 0.4) is 0 Å². The average Bonchev–Trinajstić information content (AvgIpc) is 2.33. The monoisotopic (exact) mass is 287 g/mol. The van der Waals surface area contributed by atoms with E-state index >= 15 is 0 Å². The number of carbonyl (C=O) groups is 1. The molecule has 0 unspecified atom stereocenters. The lowest BCUT2D eigenvalue weighted by Crippen LogP contribution is -2.40. The summed E-state index contributed by atoms with van der Waals surface area (Å²) >= 11 is 1.72. The number of hydrogen-bond donors (Lipinski definition) is 2. The van der Waals surface area contributed by atoms with E-state index in [4.69, 9.17) is 5.11 Å². The molecule has 1 fully saturated rings. The van der Waals surface area contributed by atoms with Crippen molar-refractivity contribution >= 4 is 23.4 Å². The van der Waals surface area contributed by atoms with Gasteiger partial charge in [0.1, 0.15) is 0 Å². The topological polar surface area (TPSA) is 49.3 Å². The van der Waals surface area contributed by atoms with Crippen LogP contribution < -0.4 is 5.32 Å². The highest BCUT2D eigenvalue weighted by Gasteiger charge is 2.36. The van der Waals surface area contributed by atoms with E-state index in [-0.39, 0.29) is 10.4 Å². The Balaban J connectivity index is 2.13. The Hall–Kier alpha value is -1.30. The van der Waals surface area contributed by atoms with Crippen LogP contribution in [0.1, 0.15) is 29.6 Å². The molecule has 1 saturated carbocycles. The van der Waals surface area contributed by atoms with Crippen molar-refractivity contribution in [2.75, 3.05) is 18.1 Å². The Morgan fingerprint density at radius 2 is 2.11 bits per heavy atom.